The van der Waals surface area contributed by atoms with E-state index in [1.165, 1.54) is 13.2 Å². The lowest BCUT2D eigenvalue weighted by Gasteiger charge is -2.12. The molecule has 0 saturated heterocycles. The molecule has 110 valence electrons. The number of halogens is 4. The summed E-state index contributed by atoms with van der Waals surface area (Å²) in [4.78, 5) is 20.4. The Morgan fingerprint density at radius 1 is 1.19 bits per heavy atom. The van der Waals surface area contributed by atoms with Crippen molar-refractivity contribution in [2.24, 2.45) is 0 Å². The van der Waals surface area contributed by atoms with E-state index in [1.54, 1.807) is 24.3 Å². The number of carbonyl (C=O) groups excluding carboxylic acids is 1. The number of hydrogen-bond donors (Lipinski definition) is 0. The second-order valence-electron chi connectivity index (χ2n) is 3.93. The fourth-order valence-electron chi connectivity index (χ4n) is 1.54. The second-order valence-corrected chi connectivity index (χ2v) is 6.61. The lowest BCUT2D eigenvalue weighted by atomic mass is 10.1. The van der Waals surface area contributed by atoms with Gasteiger partial charge in [-0.05, 0) is 12.1 Å². The molecule has 0 aliphatic heterocycles. The minimum Gasteiger partial charge on any atom is -0.481 e. The first-order valence-electron chi connectivity index (χ1n) is 5.62. The van der Waals surface area contributed by atoms with E-state index in [0.29, 0.717) is 0 Å². The van der Waals surface area contributed by atoms with Crippen LogP contribution in [-0.2, 0) is 3.79 Å². The SMILES string of the molecule is COc1cc(C(Cl)(Cl)Cl)nc(C(=O)c2ccccc2Cl)n1. The van der Waals surface area contributed by atoms with E-state index < -0.39 is 9.58 Å². The number of ether oxygens (including phenoxy) is 1. The molecule has 0 N–H and O–H groups in total. The van der Waals surface area contributed by atoms with Crippen molar-refractivity contribution in [1.29, 1.82) is 0 Å². The third kappa shape index (κ3) is 3.77. The molecule has 21 heavy (non-hydrogen) atoms. The molecule has 0 unspecified atom stereocenters. The number of rotatable bonds is 3. The standard InChI is InChI=1S/C13H8Cl4N2O2/c1-21-10-6-9(13(15,16)17)18-12(19-10)11(20)7-4-2-3-5-8(7)14/h2-6H,1H3. The molecule has 1 heterocycles. The number of benzene rings is 1. The highest BCUT2D eigenvalue weighted by molar-refractivity contribution is 6.66. The maximum Gasteiger partial charge on any atom is 0.232 e. The third-order valence-corrected chi connectivity index (χ3v) is 3.43. The molecule has 1 aromatic heterocycles. The molecular formula is C13H8Cl4N2O2. The maximum atomic E-state index is 12.4. The molecule has 2 rings (SSSR count). The first kappa shape index (κ1) is 16.3. The van der Waals surface area contributed by atoms with Crippen molar-refractivity contribution in [3.8, 4) is 5.88 Å². The molecule has 1 aromatic carbocycles. The molecule has 0 radical (unpaired) electrons. The second kappa shape index (κ2) is 6.36. The topological polar surface area (TPSA) is 52.1 Å². The van der Waals surface area contributed by atoms with Crippen LogP contribution in [0.4, 0.5) is 0 Å². The van der Waals surface area contributed by atoms with Gasteiger partial charge in [-0.3, -0.25) is 4.79 Å². The van der Waals surface area contributed by atoms with Crippen molar-refractivity contribution in [3.63, 3.8) is 0 Å². The van der Waals surface area contributed by atoms with Crippen LogP contribution in [0.5, 0.6) is 5.88 Å². The van der Waals surface area contributed by atoms with Gasteiger partial charge in [0.25, 0.3) is 0 Å². The van der Waals surface area contributed by atoms with Gasteiger partial charge in [-0.15, -0.1) is 0 Å². The normalized spacial score (nSPS) is 11.3. The number of nitrogens with zero attached hydrogens (tertiary/aromatic N) is 2. The van der Waals surface area contributed by atoms with Gasteiger partial charge in [0, 0.05) is 11.6 Å². The molecule has 4 nitrogen and oxygen atoms in total. The van der Waals surface area contributed by atoms with Gasteiger partial charge in [0.2, 0.25) is 21.3 Å². The quantitative estimate of drug-likeness (QED) is 0.604. The molecule has 0 bridgehead atoms. The van der Waals surface area contributed by atoms with Crippen molar-refractivity contribution < 1.29 is 9.53 Å². The predicted octanol–water partition coefficient (Wildman–Crippen LogP) is 4.20. The van der Waals surface area contributed by atoms with Crippen molar-refractivity contribution in [2.45, 2.75) is 3.79 Å². The number of methoxy groups -OCH3 is 1. The van der Waals surface area contributed by atoms with Crippen LogP contribution in [0.1, 0.15) is 21.9 Å². The summed E-state index contributed by atoms with van der Waals surface area (Å²) in [5.74, 6) is -0.541. The van der Waals surface area contributed by atoms with Crippen molar-refractivity contribution >= 4 is 52.2 Å². The molecule has 0 saturated carbocycles. The molecule has 0 atom stereocenters. The van der Waals surface area contributed by atoms with Crippen LogP contribution in [0.3, 0.4) is 0 Å². The molecule has 0 aliphatic carbocycles. The Kier molecular flexibility index (Phi) is 4.94. The first-order chi connectivity index (χ1) is 9.82. The van der Waals surface area contributed by atoms with E-state index in [0.717, 1.165) is 0 Å². The third-order valence-electron chi connectivity index (χ3n) is 2.52. The van der Waals surface area contributed by atoms with Gasteiger partial charge in [-0.25, -0.2) is 4.98 Å². The van der Waals surface area contributed by atoms with Crippen molar-refractivity contribution in [3.05, 3.63) is 52.4 Å². The monoisotopic (exact) mass is 364 g/mol. The van der Waals surface area contributed by atoms with Crippen LogP contribution in [-0.4, -0.2) is 22.9 Å². The number of ketones is 1. The molecule has 0 aliphatic rings. The van der Waals surface area contributed by atoms with Crippen LogP contribution in [0.15, 0.2) is 30.3 Å². The fraction of sp³-hybridized carbons (Fsp3) is 0.154. The Balaban J connectivity index is 2.53. The van der Waals surface area contributed by atoms with Crippen molar-refractivity contribution in [2.75, 3.05) is 7.11 Å². The van der Waals surface area contributed by atoms with Crippen molar-refractivity contribution in [1.82, 2.24) is 9.97 Å². The predicted molar refractivity (Wildman–Crippen MR) is 82.7 cm³/mol. The maximum absolute atomic E-state index is 12.4. The summed E-state index contributed by atoms with van der Waals surface area (Å²) < 4.78 is 3.19. The van der Waals surface area contributed by atoms with Gasteiger partial charge in [-0.2, -0.15) is 4.98 Å². The Labute approximate surface area is 141 Å². The molecular weight excluding hydrogens is 358 g/mol. The number of carbonyl (C=O) groups is 1. The Morgan fingerprint density at radius 2 is 1.86 bits per heavy atom. The minimum atomic E-state index is -1.80. The average Bonchev–Trinajstić information content (AvgIpc) is 2.45. The van der Waals surface area contributed by atoms with Gasteiger partial charge >= 0.3 is 0 Å². The summed E-state index contributed by atoms with van der Waals surface area (Å²) in [6.07, 6.45) is 0. The van der Waals surface area contributed by atoms with Crippen LogP contribution < -0.4 is 4.74 Å². The Morgan fingerprint density at radius 3 is 2.43 bits per heavy atom. The van der Waals surface area contributed by atoms with Gasteiger partial charge in [-0.1, -0.05) is 58.5 Å². The van der Waals surface area contributed by atoms with Crippen LogP contribution in [0.25, 0.3) is 0 Å². The minimum absolute atomic E-state index is 0.0368. The molecule has 0 amide bonds. The van der Waals surface area contributed by atoms with E-state index in [2.05, 4.69) is 9.97 Å². The van der Waals surface area contributed by atoms with Gasteiger partial charge in [0.05, 0.1) is 17.8 Å². The van der Waals surface area contributed by atoms with Crippen LogP contribution in [0.2, 0.25) is 5.02 Å². The van der Waals surface area contributed by atoms with E-state index in [4.69, 9.17) is 51.1 Å². The van der Waals surface area contributed by atoms with E-state index in [-0.39, 0.29) is 28.0 Å². The molecule has 8 heteroatoms. The largest absolute Gasteiger partial charge is 0.481 e. The average molecular weight is 366 g/mol. The lowest BCUT2D eigenvalue weighted by molar-refractivity contribution is 0.102. The Hall–Kier alpha value is -1.07. The molecule has 2 aromatic rings. The summed E-state index contributed by atoms with van der Waals surface area (Å²) in [7, 11) is 1.38. The summed E-state index contributed by atoms with van der Waals surface area (Å²) in [6, 6.07) is 7.87. The Bertz CT molecular complexity index is 686. The fourth-order valence-corrected chi connectivity index (χ4v) is 2.05. The van der Waals surface area contributed by atoms with Crippen LogP contribution >= 0.6 is 46.4 Å². The first-order valence-corrected chi connectivity index (χ1v) is 7.13. The van der Waals surface area contributed by atoms with E-state index in [9.17, 15) is 4.79 Å². The number of hydrogen-bond acceptors (Lipinski definition) is 4. The summed E-state index contributed by atoms with van der Waals surface area (Å²) in [5.41, 5.74) is 0.289. The summed E-state index contributed by atoms with van der Waals surface area (Å²) in [6.45, 7) is 0. The van der Waals surface area contributed by atoms with Gasteiger partial charge in [0.15, 0.2) is 0 Å². The highest BCUT2D eigenvalue weighted by Gasteiger charge is 2.28. The smallest absolute Gasteiger partial charge is 0.232 e. The van der Waals surface area contributed by atoms with E-state index in [1.807, 2.05) is 0 Å². The molecule has 0 fully saturated rings. The van der Waals surface area contributed by atoms with Gasteiger partial charge in [0.1, 0.15) is 0 Å². The number of aromatic nitrogens is 2. The zero-order valence-corrected chi connectivity index (χ0v) is 13.6. The lowest BCUT2D eigenvalue weighted by Crippen LogP contribution is -2.14. The van der Waals surface area contributed by atoms with Crippen LogP contribution in [0, 0.1) is 0 Å². The number of alkyl halides is 3. The zero-order valence-electron chi connectivity index (χ0n) is 10.6. The highest BCUT2D eigenvalue weighted by Crippen LogP contribution is 2.38. The summed E-state index contributed by atoms with van der Waals surface area (Å²) in [5, 5.41) is 0.282. The summed E-state index contributed by atoms with van der Waals surface area (Å²) >= 11 is 23.4. The zero-order chi connectivity index (χ0) is 15.6. The highest BCUT2D eigenvalue weighted by atomic mass is 35.6. The molecule has 0 spiro atoms. The van der Waals surface area contributed by atoms with Gasteiger partial charge < -0.3 is 4.74 Å². The van der Waals surface area contributed by atoms with E-state index >= 15 is 0 Å².